The summed E-state index contributed by atoms with van der Waals surface area (Å²) in [6, 6.07) is 8.79. The van der Waals surface area contributed by atoms with E-state index in [0.717, 1.165) is 17.1 Å². The van der Waals surface area contributed by atoms with Crippen LogP contribution in [0, 0.1) is 0 Å². The Kier molecular flexibility index (Phi) is 6.43. The number of carbonyl (C=O) groups is 1. The Morgan fingerprint density at radius 2 is 2.18 bits per heavy atom. The van der Waals surface area contributed by atoms with Gasteiger partial charge in [0, 0.05) is 18.1 Å². The molecule has 1 aromatic rings. The molecule has 0 radical (unpaired) electrons. The van der Waals surface area contributed by atoms with E-state index in [4.69, 9.17) is 5.73 Å². The number of amides is 1. The van der Waals surface area contributed by atoms with Crippen molar-refractivity contribution in [1.29, 1.82) is 0 Å². The number of hydrogen-bond acceptors (Lipinski definition) is 3. The minimum Gasteiger partial charge on any atom is -0.354 e. The quantitative estimate of drug-likeness (QED) is 0.572. The van der Waals surface area contributed by atoms with Crippen LogP contribution in [0.15, 0.2) is 43.0 Å². The van der Waals surface area contributed by atoms with Gasteiger partial charge in [0.25, 0.3) is 0 Å². The first-order valence-corrected chi connectivity index (χ1v) is 6.68. The van der Waals surface area contributed by atoms with Gasteiger partial charge in [-0.1, -0.05) is 36.4 Å². The summed E-state index contributed by atoms with van der Waals surface area (Å²) in [6.45, 7) is 4.27. The second-order valence-corrected chi connectivity index (χ2v) is 4.69. The van der Waals surface area contributed by atoms with Gasteiger partial charge in [-0.15, -0.1) is 6.58 Å². The molecule has 3 nitrogen and oxygen atoms in total. The van der Waals surface area contributed by atoms with Gasteiger partial charge in [-0.05, 0) is 5.56 Å². The number of carbonyl (C=O) groups excluding carboxylic acids is 1. The van der Waals surface area contributed by atoms with E-state index in [1.165, 1.54) is 0 Å². The van der Waals surface area contributed by atoms with Crippen LogP contribution in [-0.2, 0) is 4.79 Å². The predicted octanol–water partition coefficient (Wildman–Crippen LogP) is 1.72. The molecule has 0 spiro atoms. The maximum absolute atomic E-state index is 11.7. The number of benzene rings is 1. The molecule has 1 atom stereocenters. The van der Waals surface area contributed by atoms with Crippen molar-refractivity contribution >= 4 is 17.7 Å². The normalized spacial score (nSPS) is 11.8. The summed E-state index contributed by atoms with van der Waals surface area (Å²) in [5.41, 5.74) is 6.68. The molecule has 92 valence electrons. The Bertz CT molecular complexity index is 354. The van der Waals surface area contributed by atoms with Crippen LogP contribution in [0.25, 0.3) is 0 Å². The van der Waals surface area contributed by atoms with Crippen LogP contribution >= 0.6 is 11.8 Å². The van der Waals surface area contributed by atoms with E-state index < -0.39 is 6.04 Å². The predicted molar refractivity (Wildman–Crippen MR) is 73.9 cm³/mol. The van der Waals surface area contributed by atoms with Gasteiger partial charge in [0.2, 0.25) is 5.91 Å². The van der Waals surface area contributed by atoms with Crippen LogP contribution < -0.4 is 11.1 Å². The third-order valence-electron chi connectivity index (χ3n) is 2.22. The lowest BCUT2D eigenvalue weighted by Gasteiger charge is -2.12. The molecule has 1 rings (SSSR count). The summed E-state index contributed by atoms with van der Waals surface area (Å²) < 4.78 is 0. The molecule has 0 aliphatic carbocycles. The van der Waals surface area contributed by atoms with Crippen LogP contribution in [0.5, 0.6) is 0 Å². The summed E-state index contributed by atoms with van der Waals surface area (Å²) >= 11 is 1.73. The topological polar surface area (TPSA) is 55.1 Å². The van der Waals surface area contributed by atoms with E-state index >= 15 is 0 Å². The SMILES string of the molecule is C=CCSCCNC(=O)[C@@H](N)c1ccccc1. The van der Waals surface area contributed by atoms with Gasteiger partial charge in [0.15, 0.2) is 0 Å². The van der Waals surface area contributed by atoms with E-state index in [2.05, 4.69) is 11.9 Å². The monoisotopic (exact) mass is 250 g/mol. The number of rotatable bonds is 7. The van der Waals surface area contributed by atoms with Crippen molar-refractivity contribution in [1.82, 2.24) is 5.32 Å². The van der Waals surface area contributed by atoms with Gasteiger partial charge in [-0.2, -0.15) is 11.8 Å². The Morgan fingerprint density at radius 1 is 1.47 bits per heavy atom. The fourth-order valence-electron chi connectivity index (χ4n) is 1.33. The third-order valence-corrected chi connectivity index (χ3v) is 3.19. The Balaban J connectivity index is 2.30. The molecular formula is C13H18N2OS. The molecule has 0 aromatic heterocycles. The summed E-state index contributed by atoms with van der Waals surface area (Å²) in [4.78, 5) is 11.7. The van der Waals surface area contributed by atoms with Gasteiger partial charge in [0.1, 0.15) is 6.04 Å². The van der Waals surface area contributed by atoms with Crippen molar-refractivity contribution in [3.05, 3.63) is 48.6 Å². The van der Waals surface area contributed by atoms with Gasteiger partial charge < -0.3 is 11.1 Å². The van der Waals surface area contributed by atoms with Crippen molar-refractivity contribution in [2.45, 2.75) is 6.04 Å². The molecule has 0 bridgehead atoms. The second-order valence-electron chi connectivity index (χ2n) is 3.54. The molecular weight excluding hydrogens is 232 g/mol. The third kappa shape index (κ3) is 5.06. The van der Waals surface area contributed by atoms with Gasteiger partial charge >= 0.3 is 0 Å². The summed E-state index contributed by atoms with van der Waals surface area (Å²) in [5, 5.41) is 2.82. The van der Waals surface area contributed by atoms with E-state index in [9.17, 15) is 4.79 Å². The largest absolute Gasteiger partial charge is 0.354 e. The zero-order chi connectivity index (χ0) is 12.5. The van der Waals surface area contributed by atoms with Crippen molar-refractivity contribution < 1.29 is 4.79 Å². The second kappa shape index (κ2) is 7.92. The fourth-order valence-corrected chi connectivity index (χ4v) is 1.91. The summed E-state index contributed by atoms with van der Waals surface area (Å²) in [6.07, 6.45) is 1.85. The average Bonchev–Trinajstić information content (AvgIpc) is 2.38. The molecule has 0 aliphatic heterocycles. The number of nitrogens with one attached hydrogen (secondary N) is 1. The van der Waals surface area contributed by atoms with E-state index in [0.29, 0.717) is 6.54 Å². The van der Waals surface area contributed by atoms with Crippen LogP contribution in [0.1, 0.15) is 11.6 Å². The molecule has 0 heterocycles. The minimum atomic E-state index is -0.583. The van der Waals surface area contributed by atoms with Gasteiger partial charge in [-0.25, -0.2) is 0 Å². The average molecular weight is 250 g/mol. The number of hydrogen-bond donors (Lipinski definition) is 2. The first-order chi connectivity index (χ1) is 8.25. The Labute approximate surface area is 106 Å². The fraction of sp³-hybridized carbons (Fsp3) is 0.308. The highest BCUT2D eigenvalue weighted by atomic mass is 32.2. The molecule has 0 saturated heterocycles. The maximum atomic E-state index is 11.7. The highest BCUT2D eigenvalue weighted by molar-refractivity contribution is 7.99. The van der Waals surface area contributed by atoms with E-state index in [1.54, 1.807) is 11.8 Å². The van der Waals surface area contributed by atoms with Crippen LogP contribution in [0.3, 0.4) is 0 Å². The van der Waals surface area contributed by atoms with Crippen molar-refractivity contribution in [2.75, 3.05) is 18.1 Å². The van der Waals surface area contributed by atoms with E-state index in [-0.39, 0.29) is 5.91 Å². The maximum Gasteiger partial charge on any atom is 0.241 e. The lowest BCUT2D eigenvalue weighted by molar-refractivity contribution is -0.122. The molecule has 0 unspecified atom stereocenters. The highest BCUT2D eigenvalue weighted by Crippen LogP contribution is 2.09. The molecule has 0 aliphatic rings. The zero-order valence-electron chi connectivity index (χ0n) is 9.76. The molecule has 3 N–H and O–H groups in total. The van der Waals surface area contributed by atoms with Crippen molar-refractivity contribution in [3.63, 3.8) is 0 Å². The molecule has 0 fully saturated rings. The highest BCUT2D eigenvalue weighted by Gasteiger charge is 2.14. The van der Waals surface area contributed by atoms with Crippen LogP contribution in [-0.4, -0.2) is 24.0 Å². The van der Waals surface area contributed by atoms with Gasteiger partial charge in [-0.3, -0.25) is 4.79 Å². The van der Waals surface area contributed by atoms with E-state index in [1.807, 2.05) is 36.4 Å². The first kappa shape index (κ1) is 13.8. The van der Waals surface area contributed by atoms with Crippen LogP contribution in [0.4, 0.5) is 0 Å². The lowest BCUT2D eigenvalue weighted by Crippen LogP contribution is -2.35. The number of thioether (sulfide) groups is 1. The minimum absolute atomic E-state index is 0.129. The zero-order valence-corrected chi connectivity index (χ0v) is 10.6. The Hall–Kier alpha value is -1.26. The Morgan fingerprint density at radius 3 is 2.82 bits per heavy atom. The molecule has 1 aromatic carbocycles. The molecule has 1 amide bonds. The van der Waals surface area contributed by atoms with Crippen molar-refractivity contribution in [2.24, 2.45) is 5.73 Å². The molecule has 17 heavy (non-hydrogen) atoms. The van der Waals surface area contributed by atoms with Crippen molar-refractivity contribution in [3.8, 4) is 0 Å². The smallest absolute Gasteiger partial charge is 0.241 e. The first-order valence-electron chi connectivity index (χ1n) is 5.52. The van der Waals surface area contributed by atoms with Crippen LogP contribution in [0.2, 0.25) is 0 Å². The lowest BCUT2D eigenvalue weighted by atomic mass is 10.1. The molecule has 0 saturated carbocycles. The molecule has 4 heteroatoms. The number of nitrogens with two attached hydrogens (primary N) is 1. The summed E-state index contributed by atoms with van der Waals surface area (Å²) in [5.74, 6) is 1.65. The summed E-state index contributed by atoms with van der Waals surface area (Å²) in [7, 11) is 0. The van der Waals surface area contributed by atoms with Gasteiger partial charge in [0.05, 0.1) is 0 Å². The standard InChI is InChI=1S/C13H18N2OS/c1-2-9-17-10-8-15-13(16)12(14)11-6-4-3-5-7-11/h2-7,12H,1,8-10,14H2,(H,15,16)/t12-/m0/s1.